The van der Waals surface area contributed by atoms with Crippen LogP contribution in [0, 0.1) is 0 Å². The average Bonchev–Trinajstić information content (AvgIpc) is 2.87. The SMILES string of the molecule is CCCNC(c1cc(Cl)sc1Cl)C1CCC(C)O1. The van der Waals surface area contributed by atoms with Crippen LogP contribution in [0.4, 0.5) is 0 Å². The van der Waals surface area contributed by atoms with Crippen LogP contribution in [0.15, 0.2) is 6.07 Å². The van der Waals surface area contributed by atoms with Crippen molar-refractivity contribution in [2.24, 2.45) is 0 Å². The number of halogens is 2. The molecule has 5 heteroatoms. The van der Waals surface area contributed by atoms with E-state index in [9.17, 15) is 0 Å². The Morgan fingerprint density at radius 3 is 2.78 bits per heavy atom. The first kappa shape index (κ1) is 14.6. The second kappa shape index (κ2) is 6.58. The van der Waals surface area contributed by atoms with Crippen molar-refractivity contribution < 1.29 is 4.74 Å². The third-order valence-electron chi connectivity index (χ3n) is 3.27. The summed E-state index contributed by atoms with van der Waals surface area (Å²) >= 11 is 13.7. The Balaban J connectivity index is 2.16. The summed E-state index contributed by atoms with van der Waals surface area (Å²) in [6.45, 7) is 5.24. The lowest BCUT2D eigenvalue weighted by Crippen LogP contribution is -2.32. The van der Waals surface area contributed by atoms with Crippen molar-refractivity contribution in [1.29, 1.82) is 0 Å². The first-order valence-corrected chi connectivity index (χ1v) is 8.02. The van der Waals surface area contributed by atoms with Gasteiger partial charge in [0.05, 0.1) is 26.9 Å². The summed E-state index contributed by atoms with van der Waals surface area (Å²) in [4.78, 5) is 0. The second-order valence-electron chi connectivity index (χ2n) is 4.77. The number of ether oxygens (including phenoxy) is 1. The molecule has 2 rings (SSSR count). The van der Waals surface area contributed by atoms with Crippen LogP contribution in [0.2, 0.25) is 8.67 Å². The molecule has 0 aromatic carbocycles. The highest BCUT2D eigenvalue weighted by Gasteiger charge is 2.32. The maximum atomic E-state index is 6.27. The third-order valence-corrected chi connectivity index (χ3v) is 4.79. The van der Waals surface area contributed by atoms with E-state index in [2.05, 4.69) is 19.2 Å². The lowest BCUT2D eigenvalue weighted by Gasteiger charge is -2.24. The molecule has 0 bridgehead atoms. The zero-order valence-corrected chi connectivity index (χ0v) is 13.0. The molecule has 2 nitrogen and oxygen atoms in total. The van der Waals surface area contributed by atoms with Crippen LogP contribution < -0.4 is 5.32 Å². The van der Waals surface area contributed by atoms with Crippen molar-refractivity contribution in [3.05, 3.63) is 20.3 Å². The van der Waals surface area contributed by atoms with E-state index in [1.807, 2.05) is 6.07 Å². The van der Waals surface area contributed by atoms with Gasteiger partial charge in [0.25, 0.3) is 0 Å². The largest absolute Gasteiger partial charge is 0.373 e. The van der Waals surface area contributed by atoms with Gasteiger partial charge in [-0.3, -0.25) is 0 Å². The molecule has 0 spiro atoms. The third kappa shape index (κ3) is 3.40. The summed E-state index contributed by atoms with van der Waals surface area (Å²) in [7, 11) is 0. The van der Waals surface area contributed by atoms with E-state index in [-0.39, 0.29) is 12.1 Å². The summed E-state index contributed by atoms with van der Waals surface area (Å²) in [5.74, 6) is 0. The van der Waals surface area contributed by atoms with Gasteiger partial charge in [-0.2, -0.15) is 0 Å². The number of hydrogen-bond donors (Lipinski definition) is 1. The van der Waals surface area contributed by atoms with E-state index in [0.717, 1.165) is 40.0 Å². The van der Waals surface area contributed by atoms with Crippen molar-refractivity contribution in [2.75, 3.05) is 6.54 Å². The van der Waals surface area contributed by atoms with Crippen LogP contribution in [0.25, 0.3) is 0 Å². The van der Waals surface area contributed by atoms with Gasteiger partial charge in [0.2, 0.25) is 0 Å². The van der Waals surface area contributed by atoms with Crippen molar-refractivity contribution in [2.45, 2.75) is 51.4 Å². The van der Waals surface area contributed by atoms with E-state index in [0.29, 0.717) is 6.10 Å². The molecule has 0 saturated carbocycles. The van der Waals surface area contributed by atoms with Crippen LogP contribution >= 0.6 is 34.5 Å². The van der Waals surface area contributed by atoms with Gasteiger partial charge in [0.15, 0.2) is 0 Å². The molecular formula is C13H19Cl2NOS. The zero-order valence-electron chi connectivity index (χ0n) is 10.7. The van der Waals surface area contributed by atoms with Crippen LogP contribution in [0.3, 0.4) is 0 Å². The normalized spacial score (nSPS) is 25.6. The maximum Gasteiger partial charge on any atom is 0.0992 e. The van der Waals surface area contributed by atoms with Crippen LogP contribution in [0.5, 0.6) is 0 Å². The molecule has 0 amide bonds. The second-order valence-corrected chi connectivity index (χ2v) is 7.06. The Morgan fingerprint density at radius 2 is 2.28 bits per heavy atom. The Morgan fingerprint density at radius 1 is 1.50 bits per heavy atom. The molecule has 102 valence electrons. The fourth-order valence-electron chi connectivity index (χ4n) is 2.39. The average molecular weight is 308 g/mol. The Kier molecular flexibility index (Phi) is 5.34. The minimum atomic E-state index is 0.158. The molecule has 1 aromatic rings. The summed E-state index contributed by atoms with van der Waals surface area (Å²) in [5.41, 5.74) is 1.08. The van der Waals surface area contributed by atoms with Crippen LogP contribution in [0.1, 0.15) is 44.7 Å². The van der Waals surface area contributed by atoms with E-state index in [1.54, 1.807) is 0 Å². The molecule has 3 unspecified atom stereocenters. The summed E-state index contributed by atoms with van der Waals surface area (Å²) in [5, 5.41) is 3.54. The molecule has 0 radical (unpaired) electrons. The fourth-order valence-corrected chi connectivity index (χ4v) is 3.93. The summed E-state index contributed by atoms with van der Waals surface area (Å²) < 4.78 is 7.49. The number of nitrogens with one attached hydrogen (secondary N) is 1. The van der Waals surface area contributed by atoms with Gasteiger partial charge in [-0.1, -0.05) is 30.1 Å². The van der Waals surface area contributed by atoms with E-state index >= 15 is 0 Å². The van der Waals surface area contributed by atoms with Crippen LogP contribution in [-0.4, -0.2) is 18.8 Å². The smallest absolute Gasteiger partial charge is 0.0992 e. The maximum absolute atomic E-state index is 6.27. The fraction of sp³-hybridized carbons (Fsp3) is 0.692. The standard InChI is InChI=1S/C13H19Cl2NOS/c1-3-6-16-12(10-5-4-8(2)17-10)9-7-11(14)18-13(9)15/h7-8,10,12,16H,3-6H2,1-2H3. The van der Waals surface area contributed by atoms with Gasteiger partial charge in [-0.05, 0) is 38.8 Å². The predicted octanol–water partition coefficient (Wildman–Crippen LogP) is 4.66. The minimum Gasteiger partial charge on any atom is -0.373 e. The summed E-state index contributed by atoms with van der Waals surface area (Å²) in [6, 6.07) is 2.12. The Labute approximate surface area is 123 Å². The highest BCUT2D eigenvalue weighted by molar-refractivity contribution is 7.20. The van der Waals surface area contributed by atoms with Gasteiger partial charge in [0, 0.05) is 5.56 Å². The topological polar surface area (TPSA) is 21.3 Å². The molecule has 0 aliphatic carbocycles. The lowest BCUT2D eigenvalue weighted by atomic mass is 10.0. The molecule has 3 atom stereocenters. The van der Waals surface area contributed by atoms with Gasteiger partial charge in [-0.25, -0.2) is 0 Å². The van der Waals surface area contributed by atoms with E-state index in [4.69, 9.17) is 27.9 Å². The molecular weight excluding hydrogens is 289 g/mol. The molecule has 1 fully saturated rings. The predicted molar refractivity (Wildman–Crippen MR) is 78.9 cm³/mol. The van der Waals surface area contributed by atoms with Crippen molar-refractivity contribution in [3.8, 4) is 0 Å². The molecule has 1 N–H and O–H groups in total. The zero-order chi connectivity index (χ0) is 13.1. The Bertz CT molecular complexity index is 396. The molecule has 1 aromatic heterocycles. The van der Waals surface area contributed by atoms with Crippen molar-refractivity contribution >= 4 is 34.5 Å². The quantitative estimate of drug-likeness (QED) is 0.854. The first-order valence-electron chi connectivity index (χ1n) is 6.45. The number of hydrogen-bond acceptors (Lipinski definition) is 3. The highest BCUT2D eigenvalue weighted by Crippen LogP contribution is 2.39. The number of thiophene rings is 1. The highest BCUT2D eigenvalue weighted by atomic mass is 35.5. The van der Waals surface area contributed by atoms with E-state index < -0.39 is 0 Å². The molecule has 2 heterocycles. The van der Waals surface area contributed by atoms with Gasteiger partial charge < -0.3 is 10.1 Å². The molecule has 18 heavy (non-hydrogen) atoms. The van der Waals surface area contributed by atoms with Crippen LogP contribution in [-0.2, 0) is 4.74 Å². The van der Waals surface area contributed by atoms with E-state index in [1.165, 1.54) is 11.3 Å². The minimum absolute atomic E-state index is 0.158. The first-order chi connectivity index (χ1) is 8.61. The van der Waals surface area contributed by atoms with Gasteiger partial charge >= 0.3 is 0 Å². The summed E-state index contributed by atoms with van der Waals surface area (Å²) in [6.07, 6.45) is 3.83. The van der Waals surface area contributed by atoms with Crippen molar-refractivity contribution in [1.82, 2.24) is 5.32 Å². The molecule has 1 aliphatic heterocycles. The molecule has 1 aliphatic rings. The Hall–Kier alpha value is 0.200. The lowest BCUT2D eigenvalue weighted by molar-refractivity contribution is 0.0317. The van der Waals surface area contributed by atoms with Gasteiger partial charge in [0.1, 0.15) is 0 Å². The molecule has 1 saturated heterocycles. The number of rotatable bonds is 5. The monoisotopic (exact) mass is 307 g/mol. The van der Waals surface area contributed by atoms with Crippen molar-refractivity contribution in [3.63, 3.8) is 0 Å². The van der Waals surface area contributed by atoms with Gasteiger partial charge in [-0.15, -0.1) is 11.3 Å².